The Kier molecular flexibility index (Phi) is 9.24. The first-order chi connectivity index (χ1) is 15.3. The average Bonchev–Trinajstić information content (AvgIpc) is 2.68. The van der Waals surface area contributed by atoms with Crippen molar-refractivity contribution in [2.24, 2.45) is 0 Å². The maximum atomic E-state index is 13.5. The highest BCUT2D eigenvalue weighted by molar-refractivity contribution is 5.81. The molecule has 1 unspecified atom stereocenters. The second-order valence-electron chi connectivity index (χ2n) is 6.33. The zero-order chi connectivity index (χ0) is 28.5. The summed E-state index contributed by atoms with van der Waals surface area (Å²) in [6.07, 6.45) is -8.29. The first-order valence-electron chi connectivity index (χ1n) is 8.25. The van der Waals surface area contributed by atoms with E-state index in [0.29, 0.717) is 6.08 Å². The van der Waals surface area contributed by atoms with E-state index in [1.54, 1.807) is 0 Å². The number of allylic oxidation sites excluding steroid dienone is 1. The molecule has 1 atom stereocenters. The summed E-state index contributed by atoms with van der Waals surface area (Å²) in [4.78, 5) is 22.0. The second-order valence-corrected chi connectivity index (χ2v) is 6.33. The van der Waals surface area contributed by atoms with E-state index in [9.17, 15) is 80.6 Å². The van der Waals surface area contributed by atoms with Crippen LogP contribution in [0.2, 0.25) is 0 Å². The van der Waals surface area contributed by atoms with Crippen LogP contribution < -0.4 is 0 Å². The number of hydrogen-bond acceptors (Lipinski definition) is 5. The molecule has 0 rings (SSSR count). The fraction of sp³-hybridized carbons (Fsp3) is 0.733. The molecule has 0 radical (unpaired) electrons. The molecule has 0 fully saturated rings. The van der Waals surface area contributed by atoms with Gasteiger partial charge >= 0.3 is 53.7 Å². The van der Waals surface area contributed by atoms with Gasteiger partial charge in [-0.3, -0.25) is 0 Å². The Balaban J connectivity index is 5.94. The smallest absolute Gasteiger partial charge is 0.460 e. The molecule has 0 bridgehead atoms. The SMILES string of the molecule is CC=CC(=O)OCC(O)COC(=O)C(F)(F)C(F)(F)C(F)(F)C(F)(F)C(F)(F)C(F)(F)C(F)(F)F. The van der Waals surface area contributed by atoms with E-state index in [4.69, 9.17) is 0 Å². The molecule has 0 aliphatic heterocycles. The minimum absolute atomic E-state index is 0.716. The van der Waals surface area contributed by atoms with Crippen molar-refractivity contribution >= 4 is 11.9 Å². The van der Waals surface area contributed by atoms with Crippen LogP contribution in [0.15, 0.2) is 12.2 Å². The molecular formula is C15H11F15O5. The van der Waals surface area contributed by atoms with Gasteiger partial charge in [0.2, 0.25) is 0 Å². The largest absolute Gasteiger partial charge is 0.460 e. The molecule has 0 saturated carbocycles. The molecule has 0 amide bonds. The van der Waals surface area contributed by atoms with Gasteiger partial charge in [0.05, 0.1) is 0 Å². The molecule has 0 aliphatic rings. The Hall–Kier alpha value is -2.41. The number of alkyl halides is 15. The van der Waals surface area contributed by atoms with E-state index in [-0.39, 0.29) is 0 Å². The number of ether oxygens (including phenoxy) is 2. The third-order valence-electron chi connectivity index (χ3n) is 3.71. The van der Waals surface area contributed by atoms with E-state index >= 15 is 0 Å². The van der Waals surface area contributed by atoms with Crippen LogP contribution in [0.25, 0.3) is 0 Å². The second kappa shape index (κ2) is 9.92. The Morgan fingerprint density at radius 2 is 1.06 bits per heavy atom. The molecule has 0 saturated heterocycles. The molecule has 0 aromatic heterocycles. The van der Waals surface area contributed by atoms with Crippen LogP contribution in [0.3, 0.4) is 0 Å². The average molecular weight is 556 g/mol. The van der Waals surface area contributed by atoms with Gasteiger partial charge < -0.3 is 14.6 Å². The summed E-state index contributed by atoms with van der Waals surface area (Å²) in [6.45, 7) is -1.82. The summed E-state index contributed by atoms with van der Waals surface area (Å²) in [5.41, 5.74) is 0. The van der Waals surface area contributed by atoms with Crippen LogP contribution in [-0.4, -0.2) is 78.1 Å². The molecular weight excluding hydrogens is 545 g/mol. The van der Waals surface area contributed by atoms with Gasteiger partial charge in [-0.1, -0.05) is 6.08 Å². The van der Waals surface area contributed by atoms with Gasteiger partial charge in [-0.15, -0.1) is 0 Å². The number of carbonyl (C=O) groups is 2. The predicted molar refractivity (Wildman–Crippen MR) is 78.5 cm³/mol. The molecule has 0 aromatic carbocycles. The lowest BCUT2D eigenvalue weighted by atomic mass is 9.91. The molecule has 0 aliphatic carbocycles. The summed E-state index contributed by atoms with van der Waals surface area (Å²) in [6, 6.07) is 0. The van der Waals surface area contributed by atoms with Gasteiger partial charge in [0.1, 0.15) is 19.3 Å². The molecule has 0 heterocycles. The maximum absolute atomic E-state index is 13.5. The summed E-state index contributed by atoms with van der Waals surface area (Å²) < 4.78 is 202. The fourth-order valence-corrected chi connectivity index (χ4v) is 1.77. The highest BCUT2D eigenvalue weighted by Crippen LogP contribution is 2.62. The first kappa shape index (κ1) is 32.6. The number of hydrogen-bond donors (Lipinski definition) is 1. The topological polar surface area (TPSA) is 72.8 Å². The van der Waals surface area contributed by atoms with Crippen LogP contribution in [-0.2, 0) is 19.1 Å². The zero-order valence-electron chi connectivity index (χ0n) is 16.4. The molecule has 206 valence electrons. The molecule has 35 heavy (non-hydrogen) atoms. The minimum atomic E-state index is -8.55. The maximum Gasteiger partial charge on any atom is 0.460 e. The molecule has 0 aromatic rings. The van der Waals surface area contributed by atoms with E-state index in [0.717, 1.165) is 6.08 Å². The van der Waals surface area contributed by atoms with Crippen molar-refractivity contribution in [2.45, 2.75) is 54.7 Å². The Morgan fingerprint density at radius 3 is 1.46 bits per heavy atom. The lowest BCUT2D eigenvalue weighted by Crippen LogP contribution is -2.73. The zero-order valence-corrected chi connectivity index (χ0v) is 16.4. The lowest BCUT2D eigenvalue weighted by molar-refractivity contribution is -0.450. The van der Waals surface area contributed by atoms with Gasteiger partial charge in [-0.25, -0.2) is 9.59 Å². The first-order valence-corrected chi connectivity index (χ1v) is 8.25. The van der Waals surface area contributed by atoms with Crippen molar-refractivity contribution < 1.29 is 90.0 Å². The third-order valence-corrected chi connectivity index (χ3v) is 3.71. The predicted octanol–water partition coefficient (Wildman–Crippen LogP) is 4.38. The summed E-state index contributed by atoms with van der Waals surface area (Å²) in [5.74, 6) is -54.1. The number of aliphatic hydroxyl groups is 1. The summed E-state index contributed by atoms with van der Waals surface area (Å²) >= 11 is 0. The fourth-order valence-electron chi connectivity index (χ4n) is 1.77. The van der Waals surface area contributed by atoms with Gasteiger partial charge in [0.15, 0.2) is 0 Å². The highest BCUT2D eigenvalue weighted by atomic mass is 19.4. The minimum Gasteiger partial charge on any atom is -0.460 e. The number of aliphatic hydroxyl groups excluding tert-OH is 1. The van der Waals surface area contributed by atoms with Crippen molar-refractivity contribution in [3.05, 3.63) is 12.2 Å². The molecule has 20 heteroatoms. The van der Waals surface area contributed by atoms with Gasteiger partial charge in [-0.05, 0) is 6.92 Å². The standard InChI is InChI=1S/C15H11F15O5/c1-2-3-7(32)34-4-6(31)5-35-8(33)9(16,17)10(18,19)11(20,21)12(22,23)13(24,25)14(26,27)15(28,29)30/h2-3,6,31H,4-5H2,1H3. The quantitative estimate of drug-likeness (QED) is 0.233. The third kappa shape index (κ3) is 5.55. The Labute approximate surface area is 183 Å². The van der Waals surface area contributed by atoms with Crippen LogP contribution >= 0.6 is 0 Å². The monoisotopic (exact) mass is 556 g/mol. The van der Waals surface area contributed by atoms with E-state index in [1.807, 2.05) is 0 Å². The van der Waals surface area contributed by atoms with Gasteiger partial charge in [0, 0.05) is 6.08 Å². The molecule has 0 spiro atoms. The van der Waals surface area contributed by atoms with E-state index in [1.165, 1.54) is 6.92 Å². The summed E-state index contributed by atoms with van der Waals surface area (Å²) in [5, 5.41) is 9.18. The highest BCUT2D eigenvalue weighted by Gasteiger charge is 2.94. The number of halogens is 15. The van der Waals surface area contributed by atoms with Crippen molar-refractivity contribution in [1.29, 1.82) is 0 Å². The number of carbonyl (C=O) groups excluding carboxylic acids is 2. The molecule has 5 nitrogen and oxygen atoms in total. The van der Waals surface area contributed by atoms with E-state index in [2.05, 4.69) is 9.47 Å². The number of rotatable bonds is 11. The molecule has 1 N–H and O–H groups in total. The van der Waals surface area contributed by atoms with Crippen LogP contribution in [0.5, 0.6) is 0 Å². The van der Waals surface area contributed by atoms with Crippen molar-refractivity contribution in [3.63, 3.8) is 0 Å². The number of esters is 2. The van der Waals surface area contributed by atoms with Crippen molar-refractivity contribution in [2.75, 3.05) is 13.2 Å². The Bertz CT molecular complexity index is 803. The van der Waals surface area contributed by atoms with Crippen LogP contribution in [0, 0.1) is 0 Å². The summed E-state index contributed by atoms with van der Waals surface area (Å²) in [7, 11) is 0. The lowest BCUT2D eigenvalue weighted by Gasteiger charge is -2.40. The van der Waals surface area contributed by atoms with Crippen molar-refractivity contribution in [1.82, 2.24) is 0 Å². The van der Waals surface area contributed by atoms with Crippen molar-refractivity contribution in [3.8, 4) is 0 Å². The van der Waals surface area contributed by atoms with Gasteiger partial charge in [-0.2, -0.15) is 65.9 Å². The van der Waals surface area contributed by atoms with Gasteiger partial charge in [0.25, 0.3) is 0 Å². The Morgan fingerprint density at radius 1 is 0.686 bits per heavy atom. The normalized spacial score (nSPS) is 15.8. The van der Waals surface area contributed by atoms with Crippen LogP contribution in [0.4, 0.5) is 65.9 Å². The van der Waals surface area contributed by atoms with E-state index < -0.39 is 73.0 Å². The van der Waals surface area contributed by atoms with Crippen LogP contribution in [0.1, 0.15) is 6.92 Å².